The molecule has 112 valence electrons. The summed E-state index contributed by atoms with van der Waals surface area (Å²) in [5.41, 5.74) is 0.374. The zero-order valence-corrected chi connectivity index (χ0v) is 11.4. The van der Waals surface area contributed by atoms with E-state index in [1.807, 2.05) is 5.32 Å². The molecule has 0 atom stereocenters. The van der Waals surface area contributed by atoms with Crippen LogP contribution in [0.4, 0.5) is 4.79 Å². The number of hydrogen-bond donors (Lipinski definition) is 3. The second-order valence-corrected chi connectivity index (χ2v) is 3.98. The minimum atomic E-state index is -0.802. The highest BCUT2D eigenvalue weighted by atomic mass is 16.5. The van der Waals surface area contributed by atoms with Gasteiger partial charge in [-0.05, 0) is 13.0 Å². The van der Waals surface area contributed by atoms with E-state index in [0.29, 0.717) is 5.56 Å². The minimum absolute atomic E-state index is 0.0455. The summed E-state index contributed by atoms with van der Waals surface area (Å²) >= 11 is 0. The minimum Gasteiger partial charge on any atom is -0.451 e. The van der Waals surface area contributed by atoms with Crippen LogP contribution in [0.1, 0.15) is 27.8 Å². The molecule has 8 nitrogen and oxygen atoms in total. The lowest BCUT2D eigenvalue weighted by atomic mass is 10.2. The molecule has 0 saturated heterocycles. The maximum atomic E-state index is 11.6. The lowest BCUT2D eigenvalue weighted by molar-refractivity contribution is -0.123. The number of Topliss-reactive ketones (excluding diaryl/α,β-unsaturated/α-hetero) is 1. The summed E-state index contributed by atoms with van der Waals surface area (Å²) in [4.78, 5) is 47.7. The average molecular weight is 293 g/mol. The number of carbonyl (C=O) groups excluding carboxylic acids is 4. The number of hydrogen-bond acceptors (Lipinski definition) is 5. The van der Waals surface area contributed by atoms with Crippen LogP contribution < -0.4 is 10.6 Å². The van der Waals surface area contributed by atoms with Gasteiger partial charge in [-0.1, -0.05) is 6.08 Å². The van der Waals surface area contributed by atoms with Crippen molar-refractivity contribution in [1.82, 2.24) is 15.6 Å². The molecule has 3 amide bonds. The van der Waals surface area contributed by atoms with Crippen LogP contribution in [0.15, 0.2) is 24.9 Å². The summed E-state index contributed by atoms with van der Waals surface area (Å²) in [5.74, 6) is -1.78. The number of urea groups is 1. The Balaban J connectivity index is 2.41. The molecule has 8 heteroatoms. The molecule has 0 bridgehead atoms. The number of ketones is 1. The van der Waals surface area contributed by atoms with E-state index in [9.17, 15) is 19.2 Å². The van der Waals surface area contributed by atoms with Gasteiger partial charge in [-0.3, -0.25) is 14.9 Å². The lowest BCUT2D eigenvalue weighted by Gasteiger charge is -2.05. The van der Waals surface area contributed by atoms with Gasteiger partial charge in [-0.15, -0.1) is 6.58 Å². The van der Waals surface area contributed by atoms with Crippen molar-refractivity contribution in [2.75, 3.05) is 13.2 Å². The van der Waals surface area contributed by atoms with Gasteiger partial charge in [0.25, 0.3) is 5.91 Å². The number of amides is 3. The molecule has 0 aliphatic rings. The second-order valence-electron chi connectivity index (χ2n) is 3.98. The molecule has 0 fully saturated rings. The molecule has 0 unspecified atom stereocenters. The molecular formula is C13H15N3O5. The fraction of sp³-hybridized carbons (Fsp3) is 0.231. The Hall–Kier alpha value is -2.90. The Bertz CT molecular complexity index is 576. The molecule has 1 rings (SSSR count). The average Bonchev–Trinajstić information content (AvgIpc) is 2.92. The van der Waals surface area contributed by atoms with E-state index in [1.54, 1.807) is 0 Å². The van der Waals surface area contributed by atoms with Crippen LogP contribution >= 0.6 is 0 Å². The number of esters is 1. The number of nitrogens with one attached hydrogen (secondary N) is 3. The van der Waals surface area contributed by atoms with Crippen molar-refractivity contribution in [2.45, 2.75) is 6.92 Å². The zero-order chi connectivity index (χ0) is 15.8. The third-order valence-corrected chi connectivity index (χ3v) is 2.30. The van der Waals surface area contributed by atoms with E-state index >= 15 is 0 Å². The topological polar surface area (TPSA) is 117 Å². The van der Waals surface area contributed by atoms with Crippen LogP contribution in [0, 0.1) is 0 Å². The first-order valence-corrected chi connectivity index (χ1v) is 5.99. The van der Waals surface area contributed by atoms with Crippen molar-refractivity contribution in [3.63, 3.8) is 0 Å². The first-order chi connectivity index (χ1) is 9.93. The first-order valence-electron chi connectivity index (χ1n) is 5.99. The fourth-order valence-electron chi connectivity index (χ4n) is 1.30. The van der Waals surface area contributed by atoms with Crippen molar-refractivity contribution in [2.24, 2.45) is 0 Å². The van der Waals surface area contributed by atoms with Crippen molar-refractivity contribution in [3.8, 4) is 0 Å². The third-order valence-electron chi connectivity index (χ3n) is 2.30. The zero-order valence-electron chi connectivity index (χ0n) is 11.4. The standard InChI is InChI=1S/C13H15N3O5/c1-3-4-14-13(20)16-11(18)7-21-12(19)10-5-9(6-15-10)8(2)17/h3,5-6,15H,1,4,7H2,2H3,(H2,14,16,18,20). The van der Waals surface area contributed by atoms with Crippen LogP contribution in [0.3, 0.4) is 0 Å². The van der Waals surface area contributed by atoms with E-state index < -0.39 is 24.5 Å². The summed E-state index contributed by atoms with van der Waals surface area (Å²) in [6.45, 7) is 4.34. The van der Waals surface area contributed by atoms with Crippen LogP contribution in [0.25, 0.3) is 0 Å². The van der Waals surface area contributed by atoms with Crippen molar-refractivity contribution >= 4 is 23.7 Å². The molecule has 0 spiro atoms. The molecule has 21 heavy (non-hydrogen) atoms. The molecule has 0 aromatic carbocycles. The van der Waals surface area contributed by atoms with Crippen LogP contribution in [0.2, 0.25) is 0 Å². The van der Waals surface area contributed by atoms with Gasteiger partial charge in [0.05, 0.1) is 0 Å². The number of aromatic amines is 1. The lowest BCUT2D eigenvalue weighted by Crippen LogP contribution is -2.41. The van der Waals surface area contributed by atoms with Crippen molar-refractivity contribution in [3.05, 3.63) is 36.2 Å². The number of carbonyl (C=O) groups is 4. The van der Waals surface area contributed by atoms with E-state index in [0.717, 1.165) is 0 Å². The number of imide groups is 1. The SMILES string of the molecule is C=CCNC(=O)NC(=O)COC(=O)c1cc(C(C)=O)c[nH]1. The Morgan fingerprint density at radius 2 is 2.10 bits per heavy atom. The summed E-state index contributed by atoms with van der Waals surface area (Å²) in [6.07, 6.45) is 2.81. The Morgan fingerprint density at radius 3 is 2.67 bits per heavy atom. The summed E-state index contributed by atoms with van der Waals surface area (Å²) in [7, 11) is 0. The normalized spacial score (nSPS) is 9.57. The monoisotopic (exact) mass is 293 g/mol. The van der Waals surface area contributed by atoms with Crippen molar-refractivity contribution in [1.29, 1.82) is 0 Å². The van der Waals surface area contributed by atoms with Gasteiger partial charge in [-0.25, -0.2) is 9.59 Å². The quantitative estimate of drug-likeness (QED) is 0.398. The smallest absolute Gasteiger partial charge is 0.355 e. The number of rotatable bonds is 6. The number of ether oxygens (including phenoxy) is 1. The Morgan fingerprint density at radius 1 is 1.38 bits per heavy atom. The van der Waals surface area contributed by atoms with E-state index in [2.05, 4.69) is 16.9 Å². The maximum Gasteiger partial charge on any atom is 0.355 e. The molecule has 3 N–H and O–H groups in total. The predicted molar refractivity (Wildman–Crippen MR) is 72.8 cm³/mol. The number of aromatic nitrogens is 1. The summed E-state index contributed by atoms with van der Waals surface area (Å²) in [5, 5.41) is 4.29. The Kier molecular flexibility index (Phi) is 5.87. The molecular weight excluding hydrogens is 278 g/mol. The number of H-pyrrole nitrogens is 1. The first kappa shape index (κ1) is 16.2. The molecule has 1 heterocycles. The molecule has 1 aromatic heterocycles. The molecule has 0 saturated carbocycles. The van der Waals surface area contributed by atoms with E-state index in [4.69, 9.17) is 4.74 Å². The maximum absolute atomic E-state index is 11.6. The Labute approximate surface area is 120 Å². The van der Waals surface area contributed by atoms with Crippen LogP contribution in [-0.2, 0) is 9.53 Å². The van der Waals surface area contributed by atoms with Crippen LogP contribution in [-0.4, -0.2) is 41.8 Å². The highest BCUT2D eigenvalue weighted by molar-refractivity contribution is 5.99. The van der Waals surface area contributed by atoms with Crippen LogP contribution in [0.5, 0.6) is 0 Å². The van der Waals surface area contributed by atoms with Gasteiger partial charge in [0.2, 0.25) is 0 Å². The van der Waals surface area contributed by atoms with Gasteiger partial charge in [0, 0.05) is 18.3 Å². The highest BCUT2D eigenvalue weighted by Crippen LogP contribution is 2.05. The molecule has 1 aromatic rings. The summed E-state index contributed by atoms with van der Waals surface area (Å²) in [6, 6.07) is 0.606. The van der Waals surface area contributed by atoms with Gasteiger partial charge >= 0.3 is 12.0 Å². The molecule has 0 aliphatic carbocycles. The second kappa shape index (κ2) is 7.63. The van der Waals surface area contributed by atoms with Gasteiger partial charge in [0.15, 0.2) is 12.4 Å². The van der Waals surface area contributed by atoms with Gasteiger partial charge in [0.1, 0.15) is 5.69 Å². The fourth-order valence-corrected chi connectivity index (χ4v) is 1.30. The molecule has 0 radical (unpaired) electrons. The highest BCUT2D eigenvalue weighted by Gasteiger charge is 2.14. The van der Waals surface area contributed by atoms with Gasteiger partial charge < -0.3 is 15.0 Å². The van der Waals surface area contributed by atoms with E-state index in [1.165, 1.54) is 25.3 Å². The molecule has 0 aliphatic heterocycles. The predicted octanol–water partition coefficient (Wildman–Crippen LogP) is 0.386. The van der Waals surface area contributed by atoms with E-state index in [-0.39, 0.29) is 18.0 Å². The largest absolute Gasteiger partial charge is 0.451 e. The van der Waals surface area contributed by atoms with Crippen molar-refractivity contribution < 1.29 is 23.9 Å². The third kappa shape index (κ3) is 5.31. The summed E-state index contributed by atoms with van der Waals surface area (Å²) < 4.78 is 4.69. The van der Waals surface area contributed by atoms with Gasteiger partial charge in [-0.2, -0.15) is 0 Å².